The van der Waals surface area contributed by atoms with Gasteiger partial charge in [0.15, 0.2) is 9.84 Å². The van der Waals surface area contributed by atoms with Gasteiger partial charge in [-0.25, -0.2) is 8.42 Å². The number of rotatable bonds is 8. The third-order valence-corrected chi connectivity index (χ3v) is 8.42. The second-order valence-corrected chi connectivity index (χ2v) is 12.1. The lowest BCUT2D eigenvalue weighted by molar-refractivity contribution is -0.0389. The number of aromatic amines is 1. The average molecular weight is 528 g/mol. The number of aliphatic hydroxyl groups excluding tert-OH is 1. The minimum atomic E-state index is -3.32. The number of fused-ring (bicyclic) bond motifs is 1. The Morgan fingerprint density at radius 3 is 2.81 bits per heavy atom. The van der Waals surface area contributed by atoms with Gasteiger partial charge in [-0.3, -0.25) is 4.79 Å². The van der Waals surface area contributed by atoms with Crippen LogP contribution in [0.1, 0.15) is 29.6 Å². The first-order valence-electron chi connectivity index (χ1n) is 12.6. The van der Waals surface area contributed by atoms with Gasteiger partial charge in [-0.2, -0.15) is 0 Å². The highest BCUT2D eigenvalue weighted by Gasteiger charge is 2.43. The van der Waals surface area contributed by atoms with Gasteiger partial charge < -0.3 is 29.8 Å². The summed E-state index contributed by atoms with van der Waals surface area (Å²) in [6.07, 6.45) is 4.57. The molecule has 0 aliphatic carbocycles. The predicted octanol–water partition coefficient (Wildman–Crippen LogP) is 2.36. The van der Waals surface area contributed by atoms with Gasteiger partial charge in [-0.1, -0.05) is 24.3 Å². The molecule has 9 nitrogen and oxygen atoms in total. The Kier molecular flexibility index (Phi) is 7.26. The minimum Gasteiger partial charge on any atom is -0.491 e. The molecule has 0 radical (unpaired) electrons. The molecule has 2 aliphatic rings. The molecule has 1 spiro atoms. The number of aromatic nitrogens is 1. The van der Waals surface area contributed by atoms with E-state index < -0.39 is 15.9 Å². The zero-order valence-electron chi connectivity index (χ0n) is 20.9. The van der Waals surface area contributed by atoms with E-state index in [4.69, 9.17) is 9.47 Å². The number of piperidine rings is 1. The average Bonchev–Trinajstić information content (AvgIpc) is 3.50. The highest BCUT2D eigenvalue weighted by atomic mass is 32.2. The van der Waals surface area contributed by atoms with Crippen molar-refractivity contribution in [3.63, 3.8) is 0 Å². The van der Waals surface area contributed by atoms with E-state index in [1.165, 1.54) is 12.1 Å². The molecule has 2 aromatic carbocycles. The molecule has 1 aromatic heterocycles. The molecule has 10 heteroatoms. The van der Waals surface area contributed by atoms with Crippen molar-refractivity contribution in [1.29, 1.82) is 0 Å². The van der Waals surface area contributed by atoms with Crippen LogP contribution in [0.2, 0.25) is 0 Å². The molecule has 198 valence electrons. The molecule has 5 rings (SSSR count). The maximum atomic E-state index is 13.1. The van der Waals surface area contributed by atoms with Crippen LogP contribution in [-0.2, 0) is 14.6 Å². The number of ether oxygens (including phenoxy) is 2. The molecular formula is C27H33N3O6S. The van der Waals surface area contributed by atoms with E-state index in [2.05, 4.69) is 10.3 Å². The van der Waals surface area contributed by atoms with Crippen LogP contribution in [-0.4, -0.2) is 86.2 Å². The van der Waals surface area contributed by atoms with Crippen LogP contribution in [0.5, 0.6) is 5.75 Å². The van der Waals surface area contributed by atoms with Crippen LogP contribution in [0.3, 0.4) is 0 Å². The first-order valence-corrected chi connectivity index (χ1v) is 14.5. The van der Waals surface area contributed by atoms with Gasteiger partial charge >= 0.3 is 0 Å². The largest absolute Gasteiger partial charge is 0.491 e. The number of sulfone groups is 1. The number of nitrogens with zero attached hydrogens (tertiary/aromatic N) is 1. The van der Waals surface area contributed by atoms with Crippen molar-refractivity contribution in [1.82, 2.24) is 15.2 Å². The monoisotopic (exact) mass is 527 g/mol. The number of hydrogen-bond donors (Lipinski definition) is 3. The Morgan fingerprint density at radius 2 is 2.03 bits per heavy atom. The number of carbonyl (C=O) groups excluding carboxylic acids is 1. The van der Waals surface area contributed by atoms with Crippen molar-refractivity contribution < 1.29 is 27.8 Å². The van der Waals surface area contributed by atoms with Crippen molar-refractivity contribution in [2.75, 3.05) is 39.1 Å². The van der Waals surface area contributed by atoms with Gasteiger partial charge in [-0.05, 0) is 43.5 Å². The number of aliphatic hydroxyl groups is 1. The Labute approximate surface area is 216 Å². The number of carbonyl (C=O) groups is 1. The van der Waals surface area contributed by atoms with Crippen molar-refractivity contribution in [3.05, 3.63) is 60.3 Å². The standard InChI is InChI=1S/C27H33N3O6S/c1-37(33,34)22-6-4-5-21(13-22)35-18-20(31)15-28-19-14-27(36-17-19)9-11-30(12-10-27)26(32)24-16-29-25-8-3-2-7-23(24)25/h2-8,13,16,19-20,28-29,31H,9-12,14-15,17-18H2,1H3. The number of H-pyrrole nitrogens is 1. The normalized spacial score (nSPS) is 20.4. The second kappa shape index (κ2) is 10.4. The fourth-order valence-electron chi connectivity index (χ4n) is 5.21. The fourth-order valence-corrected chi connectivity index (χ4v) is 5.86. The summed E-state index contributed by atoms with van der Waals surface area (Å²) in [5.74, 6) is 0.448. The van der Waals surface area contributed by atoms with Crippen LogP contribution >= 0.6 is 0 Å². The SMILES string of the molecule is CS(=O)(=O)c1cccc(OCC(O)CNC2COC3(CCN(C(=O)c4c[nH]c5ccccc45)CC3)C2)c1. The second-order valence-electron chi connectivity index (χ2n) is 10.1. The molecule has 0 saturated carbocycles. The highest BCUT2D eigenvalue weighted by molar-refractivity contribution is 7.90. The van der Waals surface area contributed by atoms with E-state index in [-0.39, 0.29) is 29.1 Å². The quantitative estimate of drug-likeness (QED) is 0.411. The van der Waals surface area contributed by atoms with Crippen molar-refractivity contribution >= 4 is 26.6 Å². The van der Waals surface area contributed by atoms with Crippen molar-refractivity contribution in [3.8, 4) is 5.75 Å². The number of nitrogens with one attached hydrogen (secondary N) is 2. The van der Waals surface area contributed by atoms with Crippen LogP contribution in [0.15, 0.2) is 59.6 Å². The molecule has 2 aliphatic heterocycles. The molecule has 0 bridgehead atoms. The minimum absolute atomic E-state index is 0.0455. The molecule has 2 fully saturated rings. The number of benzene rings is 2. The summed E-state index contributed by atoms with van der Waals surface area (Å²) in [5, 5.41) is 14.7. The topological polar surface area (TPSA) is 121 Å². The fraction of sp³-hybridized carbons (Fsp3) is 0.444. The summed E-state index contributed by atoms with van der Waals surface area (Å²) in [5.41, 5.74) is 1.42. The molecule has 3 heterocycles. The Morgan fingerprint density at radius 1 is 1.24 bits per heavy atom. The molecule has 2 unspecified atom stereocenters. The van der Waals surface area contributed by atoms with Crippen LogP contribution < -0.4 is 10.1 Å². The van der Waals surface area contributed by atoms with E-state index in [1.807, 2.05) is 29.2 Å². The number of para-hydroxylation sites is 1. The van der Waals surface area contributed by atoms with Crippen LogP contribution in [0.4, 0.5) is 0 Å². The first kappa shape index (κ1) is 25.7. The summed E-state index contributed by atoms with van der Waals surface area (Å²) >= 11 is 0. The third kappa shape index (κ3) is 5.82. The third-order valence-electron chi connectivity index (χ3n) is 7.31. The summed E-state index contributed by atoms with van der Waals surface area (Å²) in [6, 6.07) is 14.2. The Bertz CT molecular complexity index is 1360. The van der Waals surface area contributed by atoms with E-state index >= 15 is 0 Å². The zero-order valence-corrected chi connectivity index (χ0v) is 21.7. The zero-order chi connectivity index (χ0) is 26.0. The molecule has 3 N–H and O–H groups in total. The maximum Gasteiger partial charge on any atom is 0.256 e. The summed E-state index contributed by atoms with van der Waals surface area (Å²) in [6.45, 7) is 2.23. The van der Waals surface area contributed by atoms with E-state index in [0.29, 0.717) is 37.6 Å². The number of hydrogen-bond acceptors (Lipinski definition) is 7. The van der Waals surface area contributed by atoms with Gasteiger partial charge in [0, 0.05) is 49.0 Å². The van der Waals surface area contributed by atoms with Gasteiger partial charge in [-0.15, -0.1) is 0 Å². The molecule has 2 atom stereocenters. The molecular weight excluding hydrogens is 494 g/mol. The van der Waals surface area contributed by atoms with Gasteiger partial charge in [0.05, 0.1) is 22.7 Å². The first-order chi connectivity index (χ1) is 17.7. The molecule has 37 heavy (non-hydrogen) atoms. The molecule has 3 aromatic rings. The van der Waals surface area contributed by atoms with Crippen molar-refractivity contribution in [2.45, 2.75) is 41.9 Å². The lowest BCUT2D eigenvalue weighted by Crippen LogP contribution is -2.47. The smallest absolute Gasteiger partial charge is 0.256 e. The van der Waals surface area contributed by atoms with Crippen LogP contribution in [0.25, 0.3) is 10.9 Å². The summed E-state index contributed by atoms with van der Waals surface area (Å²) in [7, 11) is -3.32. The Hall–Kier alpha value is -2.92. The lowest BCUT2D eigenvalue weighted by Gasteiger charge is -2.38. The predicted molar refractivity (Wildman–Crippen MR) is 140 cm³/mol. The molecule has 1 amide bonds. The number of amides is 1. The lowest BCUT2D eigenvalue weighted by atomic mass is 9.87. The highest BCUT2D eigenvalue weighted by Crippen LogP contribution is 2.36. The van der Waals surface area contributed by atoms with Gasteiger partial charge in [0.25, 0.3) is 5.91 Å². The summed E-state index contributed by atoms with van der Waals surface area (Å²) < 4.78 is 35.2. The Balaban J connectivity index is 1.07. The van der Waals surface area contributed by atoms with Crippen molar-refractivity contribution in [2.24, 2.45) is 0 Å². The van der Waals surface area contributed by atoms with Gasteiger partial charge in [0.2, 0.25) is 0 Å². The van der Waals surface area contributed by atoms with E-state index in [0.717, 1.165) is 36.4 Å². The molecule has 2 saturated heterocycles. The summed E-state index contributed by atoms with van der Waals surface area (Å²) in [4.78, 5) is 18.4. The maximum absolute atomic E-state index is 13.1. The van der Waals surface area contributed by atoms with E-state index in [9.17, 15) is 18.3 Å². The van der Waals surface area contributed by atoms with E-state index in [1.54, 1.807) is 18.3 Å². The number of likely N-dealkylation sites (tertiary alicyclic amines) is 1. The van der Waals surface area contributed by atoms with Crippen LogP contribution in [0, 0.1) is 0 Å². The van der Waals surface area contributed by atoms with Gasteiger partial charge in [0.1, 0.15) is 18.5 Å².